The van der Waals surface area contributed by atoms with Gasteiger partial charge >= 0.3 is 0 Å². The van der Waals surface area contributed by atoms with Gasteiger partial charge in [-0.05, 0) is 52.4 Å². The second kappa shape index (κ2) is 7.35. The molecule has 1 atom stereocenters. The lowest BCUT2D eigenvalue weighted by atomic mass is 10.1. The molecule has 132 valence electrons. The lowest BCUT2D eigenvalue weighted by Gasteiger charge is -2.33. The number of carbonyl (C=O) groups is 1. The predicted molar refractivity (Wildman–Crippen MR) is 97.9 cm³/mol. The van der Waals surface area contributed by atoms with E-state index in [0.29, 0.717) is 25.3 Å². The van der Waals surface area contributed by atoms with E-state index in [0.717, 1.165) is 15.7 Å². The molecule has 1 fully saturated rings. The van der Waals surface area contributed by atoms with Gasteiger partial charge in [0, 0.05) is 16.6 Å². The molecular formula is C18H16BrN5O2. The van der Waals surface area contributed by atoms with Crippen LogP contribution in [0.4, 0.5) is 0 Å². The summed E-state index contributed by atoms with van der Waals surface area (Å²) in [5.41, 5.74) is 2.51. The summed E-state index contributed by atoms with van der Waals surface area (Å²) in [7, 11) is 0. The molecule has 8 heteroatoms. The summed E-state index contributed by atoms with van der Waals surface area (Å²) in [6, 6.07) is 15.3. The average Bonchev–Trinajstić information content (AvgIpc) is 3.23. The molecule has 0 bridgehead atoms. The fourth-order valence-electron chi connectivity index (χ4n) is 2.93. The number of ether oxygens (including phenoxy) is 1. The van der Waals surface area contributed by atoms with Crippen LogP contribution in [-0.2, 0) is 4.74 Å². The Morgan fingerprint density at radius 2 is 1.88 bits per heavy atom. The van der Waals surface area contributed by atoms with Gasteiger partial charge in [-0.2, -0.15) is 0 Å². The number of nitrogens with zero attached hydrogens (tertiary/aromatic N) is 5. The third kappa shape index (κ3) is 3.51. The van der Waals surface area contributed by atoms with Gasteiger partial charge in [0.25, 0.3) is 5.91 Å². The molecule has 1 amide bonds. The van der Waals surface area contributed by atoms with Gasteiger partial charge in [-0.25, -0.2) is 4.68 Å². The van der Waals surface area contributed by atoms with Crippen molar-refractivity contribution >= 4 is 21.8 Å². The van der Waals surface area contributed by atoms with Crippen molar-refractivity contribution in [3.63, 3.8) is 0 Å². The zero-order valence-corrected chi connectivity index (χ0v) is 15.4. The molecule has 4 rings (SSSR count). The van der Waals surface area contributed by atoms with E-state index in [1.807, 2.05) is 41.3 Å². The molecule has 3 aromatic rings. The van der Waals surface area contributed by atoms with Gasteiger partial charge in [-0.1, -0.05) is 28.1 Å². The normalized spacial score (nSPS) is 17.3. The van der Waals surface area contributed by atoms with E-state index in [9.17, 15) is 4.79 Å². The maximum atomic E-state index is 12.8. The molecular weight excluding hydrogens is 398 g/mol. The van der Waals surface area contributed by atoms with Crippen LogP contribution in [0.15, 0.2) is 59.3 Å². The highest BCUT2D eigenvalue weighted by Crippen LogP contribution is 2.25. The fourth-order valence-corrected chi connectivity index (χ4v) is 3.20. The summed E-state index contributed by atoms with van der Waals surface area (Å²) >= 11 is 3.44. The summed E-state index contributed by atoms with van der Waals surface area (Å²) in [5, 5.41) is 11.1. The van der Waals surface area contributed by atoms with Gasteiger partial charge in [0.1, 0.15) is 12.4 Å². The summed E-state index contributed by atoms with van der Waals surface area (Å²) < 4.78 is 8.42. The molecule has 1 aliphatic rings. The predicted octanol–water partition coefficient (Wildman–Crippen LogP) is 2.64. The number of tetrazole rings is 1. The maximum Gasteiger partial charge on any atom is 0.254 e. The van der Waals surface area contributed by atoms with E-state index in [1.165, 1.54) is 6.33 Å². The summed E-state index contributed by atoms with van der Waals surface area (Å²) in [6.07, 6.45) is 1.41. The first-order chi connectivity index (χ1) is 12.7. The van der Waals surface area contributed by atoms with E-state index in [-0.39, 0.29) is 12.0 Å². The highest BCUT2D eigenvalue weighted by molar-refractivity contribution is 9.10. The van der Waals surface area contributed by atoms with Gasteiger partial charge in [-0.15, -0.1) is 5.10 Å². The third-order valence-electron chi connectivity index (χ3n) is 4.32. The number of hydrogen-bond acceptors (Lipinski definition) is 5. The van der Waals surface area contributed by atoms with Gasteiger partial charge in [0.05, 0.1) is 18.8 Å². The fraction of sp³-hybridized carbons (Fsp3) is 0.222. The van der Waals surface area contributed by atoms with Gasteiger partial charge in [-0.3, -0.25) is 4.79 Å². The highest BCUT2D eigenvalue weighted by Gasteiger charge is 2.26. The minimum atomic E-state index is -0.110. The monoisotopic (exact) mass is 413 g/mol. The van der Waals surface area contributed by atoms with E-state index in [1.54, 1.807) is 16.8 Å². The Labute approximate surface area is 158 Å². The van der Waals surface area contributed by atoms with Crippen molar-refractivity contribution in [2.45, 2.75) is 6.10 Å². The van der Waals surface area contributed by atoms with Crippen molar-refractivity contribution in [3.05, 3.63) is 70.5 Å². The number of amides is 1. The number of carbonyl (C=O) groups excluding carboxylic acids is 1. The Balaban J connectivity index is 1.48. The van der Waals surface area contributed by atoms with Crippen LogP contribution in [0.25, 0.3) is 5.69 Å². The number of aromatic nitrogens is 4. The molecule has 0 N–H and O–H groups in total. The van der Waals surface area contributed by atoms with Crippen molar-refractivity contribution in [1.29, 1.82) is 0 Å². The Morgan fingerprint density at radius 1 is 1.12 bits per heavy atom. The van der Waals surface area contributed by atoms with E-state index >= 15 is 0 Å². The molecule has 2 heterocycles. The first-order valence-corrected chi connectivity index (χ1v) is 9.00. The van der Waals surface area contributed by atoms with Crippen LogP contribution in [0.3, 0.4) is 0 Å². The first-order valence-electron chi connectivity index (χ1n) is 8.20. The van der Waals surface area contributed by atoms with E-state index < -0.39 is 0 Å². The number of rotatable bonds is 3. The Morgan fingerprint density at radius 3 is 2.58 bits per heavy atom. The summed E-state index contributed by atoms with van der Waals surface area (Å²) in [5.74, 6) is -0.00123. The van der Waals surface area contributed by atoms with E-state index in [2.05, 4.69) is 31.5 Å². The number of hydrogen-bond donors (Lipinski definition) is 0. The molecule has 0 spiro atoms. The van der Waals surface area contributed by atoms with Crippen LogP contribution < -0.4 is 0 Å². The lowest BCUT2D eigenvalue weighted by Crippen LogP contribution is -2.42. The van der Waals surface area contributed by atoms with Crippen LogP contribution in [0.2, 0.25) is 0 Å². The molecule has 1 aliphatic heterocycles. The Bertz CT molecular complexity index is 881. The quantitative estimate of drug-likeness (QED) is 0.659. The smallest absolute Gasteiger partial charge is 0.254 e. The van der Waals surface area contributed by atoms with E-state index in [4.69, 9.17) is 4.74 Å². The number of morpholine rings is 1. The number of benzene rings is 2. The molecule has 0 radical (unpaired) electrons. The second-order valence-corrected chi connectivity index (χ2v) is 6.88. The third-order valence-corrected chi connectivity index (χ3v) is 4.85. The SMILES string of the molecule is O=C(c1ccc(-n2cnnn2)cc1)N1CCOC(c2ccc(Br)cc2)C1. The largest absolute Gasteiger partial charge is 0.370 e. The maximum absolute atomic E-state index is 12.8. The second-order valence-electron chi connectivity index (χ2n) is 5.96. The van der Waals surface area contributed by atoms with Gasteiger partial charge in [0.15, 0.2) is 0 Å². The molecule has 0 saturated carbocycles. The van der Waals surface area contributed by atoms with Crippen LogP contribution >= 0.6 is 15.9 Å². The minimum absolute atomic E-state index is 0.00123. The first kappa shape index (κ1) is 16.9. The average molecular weight is 414 g/mol. The zero-order chi connectivity index (χ0) is 17.9. The minimum Gasteiger partial charge on any atom is -0.370 e. The van der Waals surface area contributed by atoms with Crippen LogP contribution in [0.1, 0.15) is 22.0 Å². The van der Waals surface area contributed by atoms with Gasteiger partial charge in [0.2, 0.25) is 0 Å². The molecule has 2 aromatic carbocycles. The van der Waals surface area contributed by atoms with Crippen molar-refractivity contribution < 1.29 is 9.53 Å². The molecule has 1 aromatic heterocycles. The Hall–Kier alpha value is -2.58. The Kier molecular flexibility index (Phi) is 4.77. The van der Waals surface area contributed by atoms with Crippen molar-refractivity contribution in [3.8, 4) is 5.69 Å². The van der Waals surface area contributed by atoms with Crippen LogP contribution in [0, 0.1) is 0 Å². The summed E-state index contributed by atoms with van der Waals surface area (Å²) in [6.45, 7) is 1.64. The molecule has 1 saturated heterocycles. The van der Waals surface area contributed by atoms with Crippen LogP contribution in [-0.4, -0.2) is 50.7 Å². The van der Waals surface area contributed by atoms with Gasteiger partial charge < -0.3 is 9.64 Å². The zero-order valence-electron chi connectivity index (χ0n) is 13.8. The van der Waals surface area contributed by atoms with Crippen molar-refractivity contribution in [1.82, 2.24) is 25.1 Å². The summed E-state index contributed by atoms with van der Waals surface area (Å²) in [4.78, 5) is 14.7. The highest BCUT2D eigenvalue weighted by atomic mass is 79.9. The van der Waals surface area contributed by atoms with Crippen molar-refractivity contribution in [2.75, 3.05) is 19.7 Å². The molecule has 1 unspecified atom stereocenters. The standard InChI is InChI=1S/C18H16BrN5O2/c19-15-5-1-13(2-6-15)17-11-23(9-10-26-17)18(25)14-3-7-16(8-4-14)24-12-20-21-22-24/h1-8,12,17H,9-11H2. The molecule has 7 nitrogen and oxygen atoms in total. The molecule has 26 heavy (non-hydrogen) atoms. The topological polar surface area (TPSA) is 73.1 Å². The molecule has 0 aliphatic carbocycles. The number of halogens is 1. The van der Waals surface area contributed by atoms with Crippen LogP contribution in [0.5, 0.6) is 0 Å². The lowest BCUT2D eigenvalue weighted by molar-refractivity contribution is -0.0228. The van der Waals surface area contributed by atoms with Crippen molar-refractivity contribution in [2.24, 2.45) is 0 Å².